The minimum Gasteiger partial charge on any atom is -0.504 e. The van der Waals surface area contributed by atoms with Crippen LogP contribution in [0.15, 0.2) is 223 Å². The third-order valence-electron chi connectivity index (χ3n) is 12.0. The molecule has 0 aliphatic heterocycles. The van der Waals surface area contributed by atoms with Crippen molar-refractivity contribution >= 4 is 33.4 Å². The van der Waals surface area contributed by atoms with Crippen LogP contribution in [0.4, 0.5) is 30.8 Å². The van der Waals surface area contributed by atoms with E-state index in [1.54, 1.807) is 97.1 Å². The van der Waals surface area contributed by atoms with Gasteiger partial charge in [-0.3, -0.25) is 9.59 Å². The first-order valence-electron chi connectivity index (χ1n) is 24.6. The summed E-state index contributed by atoms with van der Waals surface area (Å²) in [4.78, 5) is 26.3. The lowest BCUT2D eigenvalue weighted by Gasteiger charge is -2.41. The van der Waals surface area contributed by atoms with Gasteiger partial charge in [-0.2, -0.15) is 0 Å². The monoisotopic (exact) mass is 1090 g/mol. The summed E-state index contributed by atoms with van der Waals surface area (Å²) in [5.74, 6) is -3.53. The second-order valence-electron chi connectivity index (χ2n) is 18.0. The zero-order valence-electron chi connectivity index (χ0n) is 42.0. The van der Waals surface area contributed by atoms with Crippen LogP contribution in [0.3, 0.4) is 0 Å². The number of ether oxygens (including phenoxy) is 6. The number of phenolic OH excluding ortho intramolecular Hbond substituents is 1. The van der Waals surface area contributed by atoms with Crippen molar-refractivity contribution in [3.8, 4) is 40.2 Å². The van der Waals surface area contributed by atoms with Gasteiger partial charge in [-0.1, -0.05) is 201 Å². The van der Waals surface area contributed by atoms with Gasteiger partial charge in [0.15, 0.2) is 28.7 Å². The number of phenols is 1. The van der Waals surface area contributed by atoms with E-state index in [0.29, 0.717) is 0 Å². The molecule has 3 N–H and O–H groups in total. The van der Waals surface area contributed by atoms with E-state index in [4.69, 9.17) is 28.4 Å². The Hall–Kier alpha value is -9.48. The molecule has 79 heavy (non-hydrogen) atoms. The van der Waals surface area contributed by atoms with Gasteiger partial charge in [0.25, 0.3) is 11.8 Å². The molecule has 404 valence electrons. The summed E-state index contributed by atoms with van der Waals surface area (Å²) in [6.07, 6.45) is 0. The van der Waals surface area contributed by atoms with Gasteiger partial charge in [0, 0.05) is 11.1 Å². The normalized spacial score (nSPS) is 12.0. The molecule has 0 saturated carbocycles. The van der Waals surface area contributed by atoms with Crippen molar-refractivity contribution in [3.05, 3.63) is 263 Å². The van der Waals surface area contributed by atoms with E-state index in [1.165, 1.54) is 24.3 Å². The fourth-order valence-electron chi connectivity index (χ4n) is 7.94. The fraction of sp³-hybridized carbons (Fsp3) is 0.0968. The number of benzene rings is 9. The highest BCUT2D eigenvalue weighted by atomic mass is 32.5. The molecule has 0 heterocycles. The fourth-order valence-corrected chi connectivity index (χ4v) is 8.62. The Labute approximate surface area is 452 Å². The Bertz CT molecular complexity index is 3190. The van der Waals surface area contributed by atoms with Gasteiger partial charge in [0.1, 0.15) is 44.5 Å². The molecule has 0 aromatic heterocycles. The van der Waals surface area contributed by atoms with Crippen molar-refractivity contribution in [3.63, 3.8) is 0 Å². The molecule has 9 rings (SSSR count). The molecule has 9 aromatic rings. The standard InChI is InChI=1S/C62H51F5N2O9S/c63-79(64,65,66,67)51-35-52(68-61(71)49-31-54(73-37-43-19-7-1-8-20-43)59(77-41-47-27-15-5-16-28-47)55(32-49)74-38-44-21-9-2-10-22-44)58(70)53(36-51)69-62(72)50-33-56(75-39-45-23-11-3-12-24-45)60(78-42-48-29-17-6-18-30-48)57(34-50)76-40-46-25-13-4-14-26-46/h1-36,70H,37-42H2,(H,68,71)(H,69,72). The number of hydrogen-bond acceptors (Lipinski definition) is 9. The van der Waals surface area contributed by atoms with Crippen LogP contribution in [0.25, 0.3) is 0 Å². The molecular weight excluding hydrogens is 1040 g/mol. The van der Waals surface area contributed by atoms with Crippen molar-refractivity contribution < 1.29 is 62.5 Å². The molecule has 0 aliphatic carbocycles. The van der Waals surface area contributed by atoms with Crippen LogP contribution in [-0.4, -0.2) is 16.9 Å². The summed E-state index contributed by atoms with van der Waals surface area (Å²) in [6, 6.07) is 59.0. The van der Waals surface area contributed by atoms with Gasteiger partial charge >= 0.3 is 10.2 Å². The molecule has 2 amide bonds. The van der Waals surface area contributed by atoms with E-state index in [2.05, 4.69) is 10.6 Å². The molecular formula is C62H51F5N2O9S. The second kappa shape index (κ2) is 23.4. The molecule has 11 nitrogen and oxygen atoms in total. The quantitative estimate of drug-likeness (QED) is 0.0423. The molecule has 0 aliphatic rings. The molecule has 17 heteroatoms. The zero-order valence-corrected chi connectivity index (χ0v) is 42.9. The lowest BCUT2D eigenvalue weighted by Crippen LogP contribution is -2.17. The summed E-state index contributed by atoms with van der Waals surface area (Å²) < 4.78 is 112. The first-order chi connectivity index (χ1) is 38.0. The first kappa shape index (κ1) is 54.3. The third-order valence-corrected chi connectivity index (χ3v) is 13.1. The average molecular weight is 1100 g/mol. The Balaban J connectivity index is 1.08. The predicted molar refractivity (Wildman–Crippen MR) is 293 cm³/mol. The maximum Gasteiger partial charge on any atom is 0.310 e. The minimum atomic E-state index is -10.7. The number of hydrogen-bond donors (Lipinski definition) is 3. The predicted octanol–water partition coefficient (Wildman–Crippen LogP) is 16.0. The summed E-state index contributed by atoms with van der Waals surface area (Å²) in [6.45, 7) is -0.0951. The number of rotatable bonds is 23. The van der Waals surface area contributed by atoms with E-state index in [1.807, 2.05) is 84.9 Å². The van der Waals surface area contributed by atoms with E-state index < -0.39 is 44.1 Å². The number of nitrogens with one attached hydrogen (secondary N) is 2. The van der Waals surface area contributed by atoms with Gasteiger partial charge in [-0.25, -0.2) is 0 Å². The lowest BCUT2D eigenvalue weighted by molar-refractivity contribution is 0.101. The summed E-state index contributed by atoms with van der Waals surface area (Å²) in [5.41, 5.74) is 1.59. The maximum absolute atomic E-state index is 14.9. The van der Waals surface area contributed by atoms with Gasteiger partial charge in [-0.05, 0) is 69.8 Å². The van der Waals surface area contributed by atoms with Crippen molar-refractivity contribution in [2.24, 2.45) is 0 Å². The number of anilines is 2. The average Bonchev–Trinajstić information content (AvgIpc) is 3.60. The Kier molecular flexibility index (Phi) is 16.1. The topological polar surface area (TPSA) is 134 Å². The molecule has 0 atom stereocenters. The number of amides is 2. The van der Waals surface area contributed by atoms with E-state index in [9.17, 15) is 34.1 Å². The van der Waals surface area contributed by atoms with Gasteiger partial charge in [0.05, 0.1) is 11.4 Å². The van der Waals surface area contributed by atoms with Crippen LogP contribution in [0.2, 0.25) is 0 Å². The zero-order chi connectivity index (χ0) is 55.3. The van der Waals surface area contributed by atoms with E-state index in [0.717, 1.165) is 33.4 Å². The summed E-state index contributed by atoms with van der Waals surface area (Å²) in [7, 11) is -10.7. The Morgan fingerprint density at radius 1 is 0.354 bits per heavy atom. The van der Waals surface area contributed by atoms with Crippen molar-refractivity contribution in [1.29, 1.82) is 0 Å². The number of carbonyl (C=O) groups excluding carboxylic acids is 2. The van der Waals surface area contributed by atoms with Crippen LogP contribution >= 0.6 is 10.2 Å². The molecule has 0 fully saturated rings. The van der Waals surface area contributed by atoms with Crippen molar-refractivity contribution in [2.75, 3.05) is 10.6 Å². The molecule has 0 unspecified atom stereocenters. The SMILES string of the molecule is O=C(Nc1cc(S(F)(F)(F)(F)F)cc(NC(=O)c2cc(OCc3ccccc3)c(OCc3ccccc3)c(OCc3ccccc3)c2)c1O)c1cc(OCc2ccccc2)c(OCc2ccccc2)c(OCc2ccccc2)c1. The maximum atomic E-state index is 14.9. The lowest BCUT2D eigenvalue weighted by atomic mass is 10.1. The smallest absolute Gasteiger partial charge is 0.310 e. The highest BCUT2D eigenvalue weighted by Crippen LogP contribution is 3.02. The molecule has 0 spiro atoms. The van der Waals surface area contributed by atoms with E-state index in [-0.39, 0.29) is 97.4 Å². The first-order valence-corrected chi connectivity index (χ1v) is 26.6. The van der Waals surface area contributed by atoms with Gasteiger partial charge in [0.2, 0.25) is 11.5 Å². The van der Waals surface area contributed by atoms with Crippen molar-refractivity contribution in [2.45, 2.75) is 44.5 Å². The Morgan fingerprint density at radius 3 is 0.810 bits per heavy atom. The van der Waals surface area contributed by atoms with Crippen LogP contribution in [0.5, 0.6) is 40.2 Å². The Morgan fingerprint density at radius 2 is 0.582 bits per heavy atom. The molecule has 0 bridgehead atoms. The van der Waals surface area contributed by atoms with Crippen LogP contribution in [0.1, 0.15) is 54.1 Å². The van der Waals surface area contributed by atoms with Crippen molar-refractivity contribution in [1.82, 2.24) is 0 Å². The summed E-state index contributed by atoms with van der Waals surface area (Å²) in [5, 5.41) is 16.0. The van der Waals surface area contributed by atoms with E-state index >= 15 is 0 Å². The molecule has 0 saturated heterocycles. The highest BCUT2D eigenvalue weighted by Gasteiger charge is 2.66. The number of aromatic hydroxyl groups is 1. The molecule has 9 aromatic carbocycles. The van der Waals surface area contributed by atoms with Crippen LogP contribution < -0.4 is 39.1 Å². The van der Waals surface area contributed by atoms with Gasteiger partial charge in [-0.15, -0.1) is 0 Å². The third kappa shape index (κ3) is 14.9. The van der Waals surface area contributed by atoms with Gasteiger partial charge < -0.3 is 44.2 Å². The number of halogens is 5. The summed E-state index contributed by atoms with van der Waals surface area (Å²) >= 11 is 0. The van der Waals surface area contributed by atoms with Crippen LogP contribution in [-0.2, 0) is 39.6 Å². The highest BCUT2D eigenvalue weighted by molar-refractivity contribution is 8.45. The van der Waals surface area contributed by atoms with Crippen LogP contribution in [0, 0.1) is 0 Å². The molecule has 0 radical (unpaired) electrons. The largest absolute Gasteiger partial charge is 0.504 e. The number of carbonyl (C=O) groups is 2. The minimum absolute atomic E-state index is 0.0234. The second-order valence-corrected chi connectivity index (χ2v) is 20.4.